The molecule has 1 aromatic heterocycles. The first-order valence-electron chi connectivity index (χ1n) is 10.3. The minimum atomic E-state index is 0.299. The zero-order valence-electron chi connectivity index (χ0n) is 17.9. The summed E-state index contributed by atoms with van der Waals surface area (Å²) in [6.45, 7) is 6.70. The van der Waals surface area contributed by atoms with Gasteiger partial charge in [-0.1, -0.05) is 24.3 Å². The van der Waals surface area contributed by atoms with Crippen LogP contribution in [0.15, 0.2) is 60.9 Å². The van der Waals surface area contributed by atoms with E-state index in [0.29, 0.717) is 12.1 Å². The Balaban J connectivity index is 1.46. The lowest BCUT2D eigenvalue weighted by molar-refractivity contribution is 0.0770. The summed E-state index contributed by atoms with van der Waals surface area (Å²) in [7, 11) is 1.66. The molecule has 0 aliphatic heterocycles. The monoisotopic (exact) mass is 406 g/mol. The summed E-state index contributed by atoms with van der Waals surface area (Å²) >= 11 is 0. The summed E-state index contributed by atoms with van der Waals surface area (Å²) < 4.78 is 10.7. The van der Waals surface area contributed by atoms with Crippen LogP contribution in [0.5, 0.6) is 5.75 Å². The van der Waals surface area contributed by atoms with Crippen LogP contribution in [0.1, 0.15) is 25.8 Å². The summed E-state index contributed by atoms with van der Waals surface area (Å²) in [5.74, 6) is 1.40. The number of aromatic nitrogens is 2. The van der Waals surface area contributed by atoms with Crippen molar-refractivity contribution in [3.63, 3.8) is 0 Å². The van der Waals surface area contributed by atoms with E-state index in [2.05, 4.69) is 46.6 Å². The smallest absolute Gasteiger partial charge is 0.227 e. The molecule has 3 aromatic rings. The Morgan fingerprint density at radius 1 is 0.900 bits per heavy atom. The van der Waals surface area contributed by atoms with Gasteiger partial charge >= 0.3 is 0 Å². The highest BCUT2D eigenvalue weighted by Gasteiger charge is 2.03. The Labute approximate surface area is 178 Å². The zero-order chi connectivity index (χ0) is 21.2. The Morgan fingerprint density at radius 3 is 2.23 bits per heavy atom. The van der Waals surface area contributed by atoms with Crippen LogP contribution in [0.25, 0.3) is 11.1 Å². The van der Waals surface area contributed by atoms with Crippen molar-refractivity contribution in [2.45, 2.75) is 32.9 Å². The average molecular weight is 407 g/mol. The van der Waals surface area contributed by atoms with Gasteiger partial charge in [-0.2, -0.15) is 0 Å². The molecule has 0 unspecified atom stereocenters. The standard InChI is InChI=1S/C24H30N4O2/c1-18(2)30-14-4-13-25-15-19-5-9-22(10-6-19)28-24-26-16-21(17-27-24)20-7-11-23(29-3)12-8-20/h5-12,16-18,25H,4,13-15H2,1-3H3,(H,26,27,28). The molecule has 6 nitrogen and oxygen atoms in total. The molecule has 6 heteroatoms. The molecule has 158 valence electrons. The van der Waals surface area contributed by atoms with Crippen molar-refractivity contribution < 1.29 is 9.47 Å². The van der Waals surface area contributed by atoms with E-state index in [9.17, 15) is 0 Å². The maximum Gasteiger partial charge on any atom is 0.227 e. The third kappa shape index (κ3) is 6.83. The van der Waals surface area contributed by atoms with E-state index in [0.717, 1.165) is 48.7 Å². The summed E-state index contributed by atoms with van der Waals surface area (Å²) in [6, 6.07) is 16.1. The summed E-state index contributed by atoms with van der Waals surface area (Å²) in [5, 5.41) is 6.68. The number of nitrogens with one attached hydrogen (secondary N) is 2. The minimum Gasteiger partial charge on any atom is -0.497 e. The molecule has 0 spiro atoms. The Morgan fingerprint density at radius 2 is 1.60 bits per heavy atom. The van der Waals surface area contributed by atoms with E-state index in [1.165, 1.54) is 5.56 Å². The predicted octanol–water partition coefficient (Wildman–Crippen LogP) is 4.80. The molecule has 0 aliphatic carbocycles. The number of hydrogen-bond donors (Lipinski definition) is 2. The topological polar surface area (TPSA) is 68.3 Å². The number of ether oxygens (including phenoxy) is 2. The van der Waals surface area contributed by atoms with Gasteiger partial charge in [0.25, 0.3) is 0 Å². The van der Waals surface area contributed by atoms with Crippen LogP contribution in [-0.4, -0.2) is 36.3 Å². The van der Waals surface area contributed by atoms with Gasteiger partial charge in [-0.15, -0.1) is 0 Å². The Bertz CT molecular complexity index is 879. The second-order valence-electron chi connectivity index (χ2n) is 7.30. The van der Waals surface area contributed by atoms with Crippen LogP contribution in [0.2, 0.25) is 0 Å². The molecule has 0 radical (unpaired) electrons. The number of anilines is 2. The van der Waals surface area contributed by atoms with E-state index >= 15 is 0 Å². The minimum absolute atomic E-state index is 0.299. The maximum absolute atomic E-state index is 5.54. The molecule has 0 saturated carbocycles. The fourth-order valence-electron chi connectivity index (χ4n) is 2.91. The lowest BCUT2D eigenvalue weighted by Crippen LogP contribution is -2.17. The van der Waals surface area contributed by atoms with Gasteiger partial charge in [0.05, 0.1) is 13.2 Å². The van der Waals surface area contributed by atoms with Gasteiger partial charge in [0.1, 0.15) is 5.75 Å². The molecule has 0 aliphatic rings. The van der Waals surface area contributed by atoms with Gasteiger partial charge in [-0.05, 0) is 62.2 Å². The summed E-state index contributed by atoms with van der Waals surface area (Å²) in [4.78, 5) is 8.86. The highest BCUT2D eigenvalue weighted by atomic mass is 16.5. The van der Waals surface area contributed by atoms with Crippen molar-refractivity contribution in [2.75, 3.05) is 25.6 Å². The van der Waals surface area contributed by atoms with Gasteiger partial charge in [-0.3, -0.25) is 0 Å². The normalized spacial score (nSPS) is 10.9. The number of nitrogens with zero attached hydrogens (tertiary/aromatic N) is 2. The largest absolute Gasteiger partial charge is 0.497 e. The van der Waals surface area contributed by atoms with E-state index < -0.39 is 0 Å². The second kappa shape index (κ2) is 11.3. The summed E-state index contributed by atoms with van der Waals surface area (Å²) in [6.07, 6.45) is 4.95. The Hall–Kier alpha value is -2.96. The Kier molecular flexibility index (Phi) is 8.18. The molecule has 0 bridgehead atoms. The molecule has 0 fully saturated rings. The van der Waals surface area contributed by atoms with Crippen molar-refractivity contribution in [3.05, 3.63) is 66.5 Å². The van der Waals surface area contributed by atoms with Gasteiger partial charge in [-0.25, -0.2) is 9.97 Å². The molecule has 0 atom stereocenters. The van der Waals surface area contributed by atoms with Crippen molar-refractivity contribution in [2.24, 2.45) is 0 Å². The van der Waals surface area contributed by atoms with Crippen LogP contribution in [0.4, 0.5) is 11.6 Å². The van der Waals surface area contributed by atoms with E-state index in [1.807, 2.05) is 48.8 Å². The van der Waals surface area contributed by atoms with Gasteiger partial charge < -0.3 is 20.1 Å². The van der Waals surface area contributed by atoms with E-state index in [1.54, 1.807) is 7.11 Å². The third-order valence-electron chi connectivity index (χ3n) is 4.56. The number of benzene rings is 2. The average Bonchev–Trinajstić information content (AvgIpc) is 2.78. The predicted molar refractivity (Wildman–Crippen MR) is 121 cm³/mol. The van der Waals surface area contributed by atoms with Crippen LogP contribution in [0.3, 0.4) is 0 Å². The van der Waals surface area contributed by atoms with E-state index in [4.69, 9.17) is 9.47 Å². The molecular formula is C24H30N4O2. The fourth-order valence-corrected chi connectivity index (χ4v) is 2.91. The van der Waals surface area contributed by atoms with Crippen LogP contribution in [0, 0.1) is 0 Å². The van der Waals surface area contributed by atoms with Crippen LogP contribution in [-0.2, 0) is 11.3 Å². The highest BCUT2D eigenvalue weighted by Crippen LogP contribution is 2.22. The number of rotatable bonds is 11. The fraction of sp³-hybridized carbons (Fsp3) is 0.333. The molecular weight excluding hydrogens is 376 g/mol. The molecule has 0 amide bonds. The molecule has 30 heavy (non-hydrogen) atoms. The van der Waals surface area contributed by atoms with Crippen molar-refractivity contribution in [1.29, 1.82) is 0 Å². The highest BCUT2D eigenvalue weighted by molar-refractivity contribution is 5.63. The zero-order valence-corrected chi connectivity index (χ0v) is 17.9. The van der Waals surface area contributed by atoms with Crippen molar-refractivity contribution in [3.8, 4) is 16.9 Å². The molecule has 2 N–H and O–H groups in total. The number of methoxy groups -OCH3 is 1. The SMILES string of the molecule is COc1ccc(-c2cnc(Nc3ccc(CNCCCOC(C)C)cc3)nc2)cc1. The van der Waals surface area contributed by atoms with Crippen molar-refractivity contribution in [1.82, 2.24) is 15.3 Å². The quantitative estimate of drug-likeness (QED) is 0.446. The van der Waals surface area contributed by atoms with Crippen molar-refractivity contribution >= 4 is 11.6 Å². The first kappa shape index (κ1) is 21.7. The second-order valence-corrected chi connectivity index (χ2v) is 7.30. The van der Waals surface area contributed by atoms with Gasteiger partial charge in [0.2, 0.25) is 5.95 Å². The third-order valence-corrected chi connectivity index (χ3v) is 4.56. The van der Waals surface area contributed by atoms with Gasteiger partial charge in [0.15, 0.2) is 0 Å². The molecule has 2 aromatic carbocycles. The first-order valence-corrected chi connectivity index (χ1v) is 10.3. The molecule has 3 rings (SSSR count). The van der Waals surface area contributed by atoms with Crippen LogP contribution < -0.4 is 15.4 Å². The van der Waals surface area contributed by atoms with E-state index in [-0.39, 0.29) is 0 Å². The lowest BCUT2D eigenvalue weighted by atomic mass is 10.1. The molecule has 0 saturated heterocycles. The first-order chi connectivity index (χ1) is 14.6. The number of hydrogen-bond acceptors (Lipinski definition) is 6. The summed E-state index contributed by atoms with van der Waals surface area (Å²) in [5.41, 5.74) is 4.21. The van der Waals surface area contributed by atoms with Gasteiger partial charge in [0, 0.05) is 36.8 Å². The maximum atomic E-state index is 5.54. The van der Waals surface area contributed by atoms with Crippen LogP contribution >= 0.6 is 0 Å². The lowest BCUT2D eigenvalue weighted by Gasteiger charge is -2.09. The molecule has 1 heterocycles.